The van der Waals surface area contributed by atoms with Crippen LogP contribution in [0.15, 0.2) is 46.9 Å². The van der Waals surface area contributed by atoms with Gasteiger partial charge in [-0.15, -0.1) is 0 Å². The lowest BCUT2D eigenvalue weighted by molar-refractivity contribution is 1.14. The van der Waals surface area contributed by atoms with Crippen LogP contribution in [-0.4, -0.2) is 0 Å². The fraction of sp³-hybridized carbons (Fsp3) is 0.200. The minimum Gasteiger partial charge on any atom is -0.381 e. The van der Waals surface area contributed by atoms with Gasteiger partial charge in [-0.1, -0.05) is 34.1 Å². The molecule has 2 rings (SSSR count). The first kappa shape index (κ1) is 12.2. The Bertz CT molecular complexity index is 500. The number of rotatable bonds is 3. The second-order valence-corrected chi connectivity index (χ2v) is 5.28. The van der Waals surface area contributed by atoms with E-state index in [-0.39, 0.29) is 0 Å². The highest BCUT2D eigenvalue weighted by atomic mass is 79.9. The summed E-state index contributed by atoms with van der Waals surface area (Å²) in [6, 6.07) is 14.9. The van der Waals surface area contributed by atoms with Crippen molar-refractivity contribution in [1.29, 1.82) is 0 Å². The molecular formula is C15H16BrN. The Kier molecular flexibility index (Phi) is 3.85. The van der Waals surface area contributed by atoms with Crippen LogP contribution in [0, 0.1) is 13.8 Å². The van der Waals surface area contributed by atoms with Crippen molar-refractivity contribution < 1.29 is 0 Å². The summed E-state index contributed by atoms with van der Waals surface area (Å²) in [5.41, 5.74) is 5.05. The molecule has 1 nitrogen and oxygen atoms in total. The van der Waals surface area contributed by atoms with E-state index in [0.29, 0.717) is 0 Å². The number of hydrogen-bond donors (Lipinski definition) is 1. The molecule has 0 fully saturated rings. The van der Waals surface area contributed by atoms with E-state index in [4.69, 9.17) is 0 Å². The quantitative estimate of drug-likeness (QED) is 0.865. The predicted octanol–water partition coefficient (Wildman–Crippen LogP) is 4.68. The zero-order valence-electron chi connectivity index (χ0n) is 10.1. The van der Waals surface area contributed by atoms with Crippen molar-refractivity contribution in [3.63, 3.8) is 0 Å². The van der Waals surface area contributed by atoms with E-state index in [9.17, 15) is 0 Å². The molecule has 0 amide bonds. The van der Waals surface area contributed by atoms with Gasteiger partial charge in [0, 0.05) is 16.7 Å². The lowest BCUT2D eigenvalue weighted by Crippen LogP contribution is -1.99. The van der Waals surface area contributed by atoms with E-state index in [1.807, 2.05) is 6.07 Å². The normalized spacial score (nSPS) is 10.3. The Morgan fingerprint density at radius 2 is 1.71 bits per heavy atom. The lowest BCUT2D eigenvalue weighted by Gasteiger charge is -2.09. The molecule has 1 N–H and O–H groups in total. The second kappa shape index (κ2) is 5.37. The first-order chi connectivity index (χ1) is 8.13. The fourth-order valence-corrected chi connectivity index (χ4v) is 2.37. The molecule has 2 aromatic rings. The van der Waals surface area contributed by atoms with Gasteiger partial charge in [0.2, 0.25) is 0 Å². The summed E-state index contributed by atoms with van der Waals surface area (Å²) in [5.74, 6) is 0. The maximum Gasteiger partial charge on any atom is 0.0401 e. The number of hydrogen-bond acceptors (Lipinski definition) is 1. The third-order valence-electron chi connectivity index (χ3n) is 2.61. The molecule has 0 aliphatic carbocycles. The molecule has 0 saturated heterocycles. The Hall–Kier alpha value is -1.28. The summed E-state index contributed by atoms with van der Waals surface area (Å²) in [6.07, 6.45) is 0. The summed E-state index contributed by atoms with van der Waals surface area (Å²) in [4.78, 5) is 0. The highest BCUT2D eigenvalue weighted by molar-refractivity contribution is 9.10. The molecule has 0 aromatic heterocycles. The van der Waals surface area contributed by atoms with Crippen molar-refractivity contribution in [3.8, 4) is 0 Å². The minimum absolute atomic E-state index is 0.850. The Morgan fingerprint density at radius 3 is 2.35 bits per heavy atom. The first-order valence-electron chi connectivity index (χ1n) is 5.70. The Labute approximate surface area is 111 Å². The van der Waals surface area contributed by atoms with E-state index in [0.717, 1.165) is 11.0 Å². The largest absolute Gasteiger partial charge is 0.381 e. The van der Waals surface area contributed by atoms with Gasteiger partial charge in [0.1, 0.15) is 0 Å². The Balaban J connectivity index is 2.07. The van der Waals surface area contributed by atoms with Gasteiger partial charge in [0.15, 0.2) is 0 Å². The summed E-state index contributed by atoms with van der Waals surface area (Å²) in [7, 11) is 0. The summed E-state index contributed by atoms with van der Waals surface area (Å²) < 4.78 is 1.12. The van der Waals surface area contributed by atoms with E-state index in [1.165, 1.54) is 22.4 Å². The number of aryl methyl sites for hydroxylation is 2. The smallest absolute Gasteiger partial charge is 0.0401 e. The molecule has 17 heavy (non-hydrogen) atoms. The van der Waals surface area contributed by atoms with Gasteiger partial charge >= 0.3 is 0 Å². The molecule has 0 heterocycles. The minimum atomic E-state index is 0.850. The molecule has 0 unspecified atom stereocenters. The summed E-state index contributed by atoms with van der Waals surface area (Å²) in [6.45, 7) is 5.09. The fourth-order valence-electron chi connectivity index (χ4n) is 1.93. The van der Waals surface area contributed by atoms with Crippen molar-refractivity contribution in [2.24, 2.45) is 0 Å². The van der Waals surface area contributed by atoms with Crippen molar-refractivity contribution >= 4 is 21.6 Å². The molecule has 0 atom stereocenters. The molecule has 0 aliphatic rings. The number of anilines is 1. The third kappa shape index (κ3) is 3.60. The van der Waals surface area contributed by atoms with Gasteiger partial charge in [0.25, 0.3) is 0 Å². The van der Waals surface area contributed by atoms with Crippen LogP contribution < -0.4 is 5.32 Å². The van der Waals surface area contributed by atoms with Crippen LogP contribution in [0.2, 0.25) is 0 Å². The van der Waals surface area contributed by atoms with Crippen LogP contribution in [0.1, 0.15) is 16.7 Å². The maximum absolute atomic E-state index is 3.48. The average molecular weight is 290 g/mol. The average Bonchev–Trinajstić information content (AvgIpc) is 2.25. The van der Waals surface area contributed by atoms with Gasteiger partial charge in [-0.2, -0.15) is 0 Å². The van der Waals surface area contributed by atoms with Crippen LogP contribution in [0.3, 0.4) is 0 Å². The van der Waals surface area contributed by atoms with Crippen LogP contribution in [0.25, 0.3) is 0 Å². The van der Waals surface area contributed by atoms with Crippen molar-refractivity contribution in [3.05, 3.63) is 63.6 Å². The summed E-state index contributed by atoms with van der Waals surface area (Å²) in [5, 5.41) is 3.45. The van der Waals surface area contributed by atoms with Crippen molar-refractivity contribution in [2.75, 3.05) is 5.32 Å². The predicted molar refractivity (Wildman–Crippen MR) is 77.4 cm³/mol. The lowest BCUT2D eigenvalue weighted by atomic mass is 10.1. The standard InChI is InChI=1S/C15H16BrN/c1-11-6-12(2)8-15(7-11)17-10-13-4-3-5-14(16)9-13/h3-9,17H,10H2,1-2H3. The zero-order chi connectivity index (χ0) is 12.3. The molecule has 88 valence electrons. The molecule has 0 saturated carbocycles. The molecule has 2 heteroatoms. The first-order valence-corrected chi connectivity index (χ1v) is 6.49. The Morgan fingerprint density at radius 1 is 1.00 bits per heavy atom. The number of benzene rings is 2. The zero-order valence-corrected chi connectivity index (χ0v) is 11.7. The third-order valence-corrected chi connectivity index (χ3v) is 3.10. The van der Waals surface area contributed by atoms with Crippen molar-refractivity contribution in [2.45, 2.75) is 20.4 Å². The molecule has 2 aromatic carbocycles. The van der Waals surface area contributed by atoms with E-state index in [2.05, 4.69) is 71.5 Å². The van der Waals surface area contributed by atoms with Gasteiger partial charge in [0.05, 0.1) is 0 Å². The number of halogens is 1. The van der Waals surface area contributed by atoms with Gasteiger partial charge in [-0.05, 0) is 54.8 Å². The highest BCUT2D eigenvalue weighted by Gasteiger charge is 1.97. The van der Waals surface area contributed by atoms with E-state index in [1.54, 1.807) is 0 Å². The van der Waals surface area contributed by atoms with E-state index < -0.39 is 0 Å². The molecular weight excluding hydrogens is 274 g/mol. The monoisotopic (exact) mass is 289 g/mol. The molecule has 0 bridgehead atoms. The highest BCUT2D eigenvalue weighted by Crippen LogP contribution is 2.16. The topological polar surface area (TPSA) is 12.0 Å². The van der Waals surface area contributed by atoms with Gasteiger partial charge < -0.3 is 5.32 Å². The van der Waals surface area contributed by atoms with E-state index >= 15 is 0 Å². The van der Waals surface area contributed by atoms with Crippen LogP contribution >= 0.6 is 15.9 Å². The molecule has 0 spiro atoms. The van der Waals surface area contributed by atoms with Crippen LogP contribution in [-0.2, 0) is 6.54 Å². The van der Waals surface area contributed by atoms with Crippen LogP contribution in [0.5, 0.6) is 0 Å². The molecule has 0 aliphatic heterocycles. The maximum atomic E-state index is 3.48. The molecule has 0 radical (unpaired) electrons. The SMILES string of the molecule is Cc1cc(C)cc(NCc2cccc(Br)c2)c1. The number of nitrogens with one attached hydrogen (secondary N) is 1. The summed E-state index contributed by atoms with van der Waals surface area (Å²) >= 11 is 3.48. The van der Waals surface area contributed by atoms with Gasteiger partial charge in [-0.25, -0.2) is 0 Å². The van der Waals surface area contributed by atoms with Crippen LogP contribution in [0.4, 0.5) is 5.69 Å². The second-order valence-electron chi connectivity index (χ2n) is 4.36. The van der Waals surface area contributed by atoms with Gasteiger partial charge in [-0.3, -0.25) is 0 Å². The van der Waals surface area contributed by atoms with Crippen molar-refractivity contribution in [1.82, 2.24) is 0 Å².